The summed E-state index contributed by atoms with van der Waals surface area (Å²) in [4.78, 5) is 0. The Labute approximate surface area is 206 Å². The highest BCUT2D eigenvalue weighted by molar-refractivity contribution is 6.73. The van der Waals surface area contributed by atoms with Crippen LogP contribution in [0.2, 0.25) is 18.1 Å². The second kappa shape index (κ2) is 11.1. The molecule has 9 heteroatoms. The highest BCUT2D eigenvalue weighted by atomic mass is 28.4. The first-order chi connectivity index (χ1) is 16.4. The third-order valence-electron chi connectivity index (χ3n) is 8.39. The molecule has 1 atom stereocenters. The Hall–Kier alpha value is -1.06. The van der Waals surface area contributed by atoms with Crippen LogP contribution in [-0.4, -0.2) is 38.4 Å². The summed E-state index contributed by atoms with van der Waals surface area (Å²) in [5.41, 5.74) is -2.90. The third kappa shape index (κ3) is 6.26. The molecule has 0 spiro atoms. The normalized spacial score (nSPS) is 23.3. The van der Waals surface area contributed by atoms with Crippen molar-refractivity contribution in [2.75, 3.05) is 0 Å². The van der Waals surface area contributed by atoms with E-state index in [-0.39, 0.29) is 43.1 Å². The Balaban J connectivity index is 1.77. The smallest absolute Gasteiger partial charge is 0.396 e. The van der Waals surface area contributed by atoms with Gasteiger partial charge >= 0.3 is 12.4 Å². The predicted molar refractivity (Wildman–Crippen MR) is 129 cm³/mol. The third-order valence-corrected chi connectivity index (χ3v) is 13.0. The van der Waals surface area contributed by atoms with Gasteiger partial charge in [0.1, 0.15) is 0 Å². The van der Waals surface area contributed by atoms with Gasteiger partial charge in [0.05, 0.1) is 0 Å². The van der Waals surface area contributed by atoms with Gasteiger partial charge in [0.15, 0.2) is 8.32 Å². The van der Waals surface area contributed by atoms with Crippen molar-refractivity contribution < 1.29 is 30.8 Å². The summed E-state index contributed by atoms with van der Waals surface area (Å²) in [6, 6.07) is 10.8. The maximum absolute atomic E-state index is 14.4. The molecule has 35 heavy (non-hydrogen) atoms. The van der Waals surface area contributed by atoms with Crippen molar-refractivity contribution in [1.82, 2.24) is 5.32 Å². The van der Waals surface area contributed by atoms with Crippen LogP contribution < -0.4 is 5.32 Å². The molecule has 1 unspecified atom stereocenters. The lowest BCUT2D eigenvalue weighted by atomic mass is 9.74. The van der Waals surface area contributed by atoms with E-state index in [1.807, 2.05) is 18.2 Å². The van der Waals surface area contributed by atoms with E-state index in [9.17, 15) is 26.3 Å². The van der Waals surface area contributed by atoms with Crippen LogP contribution in [0.1, 0.15) is 64.9 Å². The topological polar surface area (TPSA) is 21.3 Å². The first-order valence-corrected chi connectivity index (χ1v) is 15.6. The number of rotatable bonds is 11. The molecular formula is C26H39F6NOSi. The second-order valence-electron chi connectivity index (χ2n) is 10.4. The zero-order chi connectivity index (χ0) is 25.9. The molecule has 1 aromatic rings. The molecule has 2 aliphatic rings. The van der Waals surface area contributed by atoms with E-state index in [4.69, 9.17) is 4.43 Å². The molecule has 2 fully saturated rings. The number of benzene rings is 1. The van der Waals surface area contributed by atoms with E-state index in [1.165, 1.54) is 5.56 Å². The summed E-state index contributed by atoms with van der Waals surface area (Å²) < 4.78 is 92.0. The predicted octanol–water partition coefficient (Wildman–Crippen LogP) is 8.04. The number of hydrogen-bond donors (Lipinski definition) is 1. The van der Waals surface area contributed by atoms with Gasteiger partial charge in [0.25, 0.3) is 5.60 Å². The van der Waals surface area contributed by atoms with Crippen molar-refractivity contribution in [2.24, 2.45) is 11.8 Å². The monoisotopic (exact) mass is 523 g/mol. The van der Waals surface area contributed by atoms with Crippen LogP contribution in [0.5, 0.6) is 0 Å². The standard InChI is InChI=1S/C26H39F6NOSi/c1-4-35(5-2,6-3)34-24(25(27,28)29,26(30,31)32)21-14-16-22(17-15-21)33-23(20-12-13-20)18-19-10-8-7-9-11-19/h7-11,20-23,33H,4-6,12-18H2,1-3H3. The van der Waals surface area contributed by atoms with Crippen LogP contribution in [0.25, 0.3) is 0 Å². The van der Waals surface area contributed by atoms with E-state index in [0.29, 0.717) is 18.8 Å². The Kier molecular flexibility index (Phi) is 9.07. The Morgan fingerprint density at radius 1 is 0.829 bits per heavy atom. The molecule has 1 aromatic carbocycles. The molecule has 2 saturated carbocycles. The SMILES string of the molecule is CC[Si](CC)(CC)OC(C1CCC(NC(Cc2ccccc2)C2CC2)CC1)(C(F)(F)F)C(F)(F)F. The van der Waals surface area contributed by atoms with E-state index in [1.54, 1.807) is 20.8 Å². The Morgan fingerprint density at radius 3 is 1.77 bits per heavy atom. The van der Waals surface area contributed by atoms with Crippen molar-refractivity contribution >= 4 is 8.32 Å². The number of alkyl halides is 6. The molecule has 200 valence electrons. The number of hydrogen-bond acceptors (Lipinski definition) is 2. The van der Waals surface area contributed by atoms with E-state index < -0.39 is 32.2 Å². The zero-order valence-electron chi connectivity index (χ0n) is 20.9. The molecular weight excluding hydrogens is 484 g/mol. The molecule has 0 aliphatic heterocycles. The molecule has 0 saturated heterocycles. The van der Waals surface area contributed by atoms with Gasteiger partial charge in [-0.05, 0) is 74.6 Å². The quantitative estimate of drug-likeness (QED) is 0.234. The summed E-state index contributed by atoms with van der Waals surface area (Å²) in [7, 11) is -3.21. The maximum atomic E-state index is 14.4. The van der Waals surface area contributed by atoms with Gasteiger partial charge in [-0.1, -0.05) is 51.1 Å². The van der Waals surface area contributed by atoms with Gasteiger partial charge in [-0.2, -0.15) is 26.3 Å². The average Bonchev–Trinajstić information content (AvgIpc) is 3.65. The first kappa shape index (κ1) is 28.5. The highest BCUT2D eigenvalue weighted by Gasteiger charge is 2.76. The lowest BCUT2D eigenvalue weighted by Gasteiger charge is -2.50. The molecule has 2 nitrogen and oxygen atoms in total. The molecule has 0 heterocycles. The molecule has 0 amide bonds. The molecule has 0 aromatic heterocycles. The van der Waals surface area contributed by atoms with Gasteiger partial charge in [0, 0.05) is 18.0 Å². The van der Waals surface area contributed by atoms with E-state index >= 15 is 0 Å². The minimum absolute atomic E-state index is 0.0785. The Morgan fingerprint density at radius 2 is 1.34 bits per heavy atom. The zero-order valence-corrected chi connectivity index (χ0v) is 21.9. The van der Waals surface area contributed by atoms with Crippen LogP contribution in [-0.2, 0) is 10.8 Å². The van der Waals surface area contributed by atoms with Gasteiger partial charge in [-0.3, -0.25) is 0 Å². The van der Waals surface area contributed by atoms with Crippen LogP contribution >= 0.6 is 0 Å². The summed E-state index contributed by atoms with van der Waals surface area (Å²) in [5, 5.41) is 3.60. The van der Waals surface area contributed by atoms with E-state index in [0.717, 1.165) is 19.3 Å². The lowest BCUT2D eigenvalue weighted by molar-refractivity contribution is -0.380. The molecule has 1 N–H and O–H groups in total. The Bertz CT molecular complexity index is 761. The van der Waals surface area contributed by atoms with Crippen molar-refractivity contribution in [1.29, 1.82) is 0 Å². The fourth-order valence-electron chi connectivity index (χ4n) is 5.83. The molecule has 3 rings (SSSR count). The summed E-state index contributed by atoms with van der Waals surface area (Å²) in [6.07, 6.45) is -7.72. The van der Waals surface area contributed by atoms with Gasteiger partial charge < -0.3 is 9.74 Å². The van der Waals surface area contributed by atoms with Gasteiger partial charge in [-0.25, -0.2) is 0 Å². The van der Waals surface area contributed by atoms with Crippen LogP contribution in [0.4, 0.5) is 26.3 Å². The average molecular weight is 524 g/mol. The molecule has 0 radical (unpaired) electrons. The van der Waals surface area contributed by atoms with Crippen LogP contribution in [0.15, 0.2) is 30.3 Å². The van der Waals surface area contributed by atoms with Crippen LogP contribution in [0, 0.1) is 11.8 Å². The minimum Gasteiger partial charge on any atom is -0.396 e. The van der Waals surface area contributed by atoms with Gasteiger partial charge in [-0.15, -0.1) is 0 Å². The lowest BCUT2D eigenvalue weighted by Crippen LogP contribution is -2.68. The molecule has 2 aliphatic carbocycles. The number of halogens is 6. The van der Waals surface area contributed by atoms with Crippen molar-refractivity contribution in [3.8, 4) is 0 Å². The van der Waals surface area contributed by atoms with E-state index in [2.05, 4.69) is 17.4 Å². The van der Waals surface area contributed by atoms with Crippen molar-refractivity contribution in [2.45, 2.75) is 114 Å². The van der Waals surface area contributed by atoms with Gasteiger partial charge in [0.2, 0.25) is 0 Å². The van der Waals surface area contributed by atoms with Crippen LogP contribution in [0.3, 0.4) is 0 Å². The summed E-state index contributed by atoms with van der Waals surface area (Å²) in [5.74, 6) is -1.10. The fourth-order valence-corrected chi connectivity index (χ4v) is 8.84. The summed E-state index contributed by atoms with van der Waals surface area (Å²) >= 11 is 0. The second-order valence-corrected chi connectivity index (χ2v) is 15.1. The minimum atomic E-state index is -5.52. The summed E-state index contributed by atoms with van der Waals surface area (Å²) in [6.45, 7) is 4.97. The fraction of sp³-hybridized carbons (Fsp3) is 0.769. The van der Waals surface area contributed by atoms with Crippen molar-refractivity contribution in [3.63, 3.8) is 0 Å². The first-order valence-electron chi connectivity index (χ1n) is 13.0. The largest absolute Gasteiger partial charge is 0.425 e. The molecule has 0 bridgehead atoms. The van der Waals surface area contributed by atoms with Crippen molar-refractivity contribution in [3.05, 3.63) is 35.9 Å². The highest BCUT2D eigenvalue weighted by Crippen LogP contribution is 2.56. The number of nitrogens with one attached hydrogen (secondary N) is 1. The maximum Gasteiger partial charge on any atom is 0.425 e.